The molecule has 1 atom stereocenters. The summed E-state index contributed by atoms with van der Waals surface area (Å²) >= 11 is 0. The maximum atomic E-state index is 12.8. The average Bonchev–Trinajstić information content (AvgIpc) is 2.61. The fourth-order valence-corrected chi connectivity index (χ4v) is 2.35. The number of rotatable bonds is 7. The van der Waals surface area contributed by atoms with E-state index in [4.69, 9.17) is 14.6 Å². The second-order valence-electron chi connectivity index (χ2n) is 5.72. The van der Waals surface area contributed by atoms with Gasteiger partial charge < -0.3 is 19.9 Å². The van der Waals surface area contributed by atoms with Crippen LogP contribution in [0.3, 0.4) is 0 Å². The van der Waals surface area contributed by atoms with Crippen molar-refractivity contribution in [3.05, 3.63) is 59.7 Å². The zero-order valence-electron chi connectivity index (χ0n) is 14.4. The molecule has 0 aromatic heterocycles. The Morgan fingerprint density at radius 1 is 1.16 bits per heavy atom. The Kier molecular flexibility index (Phi) is 5.77. The molecule has 6 heteroatoms. The van der Waals surface area contributed by atoms with Gasteiger partial charge in [0, 0.05) is 12.8 Å². The minimum atomic E-state index is -1.13. The van der Waals surface area contributed by atoms with E-state index in [-0.39, 0.29) is 5.91 Å². The number of hydrogen-bond acceptors (Lipinski definition) is 4. The van der Waals surface area contributed by atoms with Gasteiger partial charge in [-0.25, -0.2) is 4.79 Å². The van der Waals surface area contributed by atoms with Gasteiger partial charge in [0.25, 0.3) is 5.91 Å². The third kappa shape index (κ3) is 4.36. The van der Waals surface area contributed by atoms with Crippen LogP contribution in [0.1, 0.15) is 18.1 Å². The van der Waals surface area contributed by atoms with E-state index < -0.39 is 18.2 Å². The molecule has 0 fully saturated rings. The van der Waals surface area contributed by atoms with E-state index in [1.165, 1.54) is 7.11 Å². The lowest BCUT2D eigenvalue weighted by atomic mass is 9.94. The van der Waals surface area contributed by atoms with Crippen LogP contribution in [-0.4, -0.2) is 30.7 Å². The standard InChI is InChI=1S/C19H21NO5/c1-13-11-15(25-12-17(21)22)9-10-16(13)20-18(23)19(2,24-3)14-7-5-4-6-8-14/h4-11H,12H2,1-3H3,(H,20,23)(H,21,22). The molecule has 6 nitrogen and oxygen atoms in total. The zero-order valence-corrected chi connectivity index (χ0v) is 14.4. The van der Waals surface area contributed by atoms with Gasteiger partial charge in [0.2, 0.25) is 0 Å². The summed E-state index contributed by atoms with van der Waals surface area (Å²) in [5.74, 6) is -0.923. The number of carbonyl (C=O) groups is 2. The fourth-order valence-electron chi connectivity index (χ4n) is 2.35. The molecule has 0 heterocycles. The van der Waals surface area contributed by atoms with Gasteiger partial charge in [0.1, 0.15) is 5.75 Å². The van der Waals surface area contributed by atoms with Gasteiger partial charge in [0.05, 0.1) is 0 Å². The third-order valence-corrected chi connectivity index (χ3v) is 3.97. The third-order valence-electron chi connectivity index (χ3n) is 3.97. The first-order valence-electron chi connectivity index (χ1n) is 7.74. The first kappa shape index (κ1) is 18.5. The predicted molar refractivity (Wildman–Crippen MR) is 93.7 cm³/mol. The SMILES string of the molecule is COC(C)(C(=O)Nc1ccc(OCC(=O)O)cc1C)c1ccccc1. The van der Waals surface area contributed by atoms with E-state index in [2.05, 4.69) is 5.32 Å². The predicted octanol–water partition coefficient (Wildman–Crippen LogP) is 2.96. The highest BCUT2D eigenvalue weighted by molar-refractivity contribution is 5.98. The molecule has 0 saturated carbocycles. The maximum Gasteiger partial charge on any atom is 0.341 e. The zero-order chi connectivity index (χ0) is 18.4. The molecule has 1 unspecified atom stereocenters. The van der Waals surface area contributed by atoms with E-state index in [1.54, 1.807) is 32.0 Å². The number of hydrogen-bond donors (Lipinski definition) is 2. The van der Waals surface area contributed by atoms with E-state index in [0.29, 0.717) is 11.4 Å². The molecule has 0 aliphatic carbocycles. The number of ether oxygens (including phenoxy) is 2. The van der Waals surface area contributed by atoms with Crippen molar-refractivity contribution in [3.8, 4) is 5.75 Å². The van der Waals surface area contributed by atoms with Gasteiger partial charge in [-0.15, -0.1) is 0 Å². The molecule has 0 aliphatic heterocycles. The number of nitrogens with one attached hydrogen (secondary N) is 1. The lowest BCUT2D eigenvalue weighted by Gasteiger charge is -2.27. The molecule has 2 N–H and O–H groups in total. The molecule has 0 radical (unpaired) electrons. The Morgan fingerprint density at radius 3 is 2.40 bits per heavy atom. The summed E-state index contributed by atoms with van der Waals surface area (Å²) in [6.07, 6.45) is 0. The van der Waals surface area contributed by atoms with Crippen LogP contribution < -0.4 is 10.1 Å². The van der Waals surface area contributed by atoms with Crippen molar-refractivity contribution in [1.29, 1.82) is 0 Å². The number of aliphatic carboxylic acids is 1. The second-order valence-corrected chi connectivity index (χ2v) is 5.72. The highest BCUT2D eigenvalue weighted by atomic mass is 16.5. The number of carboxylic acids is 1. The van der Waals surface area contributed by atoms with Crippen LogP contribution in [0.5, 0.6) is 5.75 Å². The van der Waals surface area contributed by atoms with Gasteiger partial charge >= 0.3 is 5.97 Å². The Morgan fingerprint density at radius 2 is 1.84 bits per heavy atom. The highest BCUT2D eigenvalue weighted by Crippen LogP contribution is 2.28. The van der Waals surface area contributed by atoms with Crippen molar-refractivity contribution >= 4 is 17.6 Å². The number of anilines is 1. The van der Waals surface area contributed by atoms with Gasteiger partial charge in [0.15, 0.2) is 12.2 Å². The van der Waals surface area contributed by atoms with Crippen LogP contribution in [-0.2, 0) is 19.9 Å². The molecule has 2 aromatic carbocycles. The molecular formula is C19H21NO5. The number of benzene rings is 2. The fraction of sp³-hybridized carbons (Fsp3) is 0.263. The average molecular weight is 343 g/mol. The van der Waals surface area contributed by atoms with Crippen LogP contribution in [0.25, 0.3) is 0 Å². The molecule has 132 valence electrons. The molecule has 0 saturated heterocycles. The van der Waals surface area contributed by atoms with E-state index in [1.807, 2.05) is 30.3 Å². The van der Waals surface area contributed by atoms with Crippen molar-refractivity contribution in [3.63, 3.8) is 0 Å². The minimum Gasteiger partial charge on any atom is -0.482 e. The quantitative estimate of drug-likeness (QED) is 0.807. The Hall–Kier alpha value is -2.86. The molecular weight excluding hydrogens is 322 g/mol. The van der Waals surface area contributed by atoms with E-state index in [9.17, 15) is 9.59 Å². The number of aryl methyl sites for hydroxylation is 1. The Balaban J connectivity index is 2.18. The Bertz CT molecular complexity index is 760. The molecule has 0 aliphatic rings. The van der Waals surface area contributed by atoms with Crippen molar-refractivity contribution in [2.45, 2.75) is 19.4 Å². The largest absolute Gasteiger partial charge is 0.482 e. The van der Waals surface area contributed by atoms with E-state index >= 15 is 0 Å². The molecule has 0 bridgehead atoms. The summed E-state index contributed by atoms with van der Waals surface area (Å²) in [5.41, 5.74) is 0.968. The first-order valence-corrected chi connectivity index (χ1v) is 7.74. The smallest absolute Gasteiger partial charge is 0.341 e. The summed E-state index contributed by atoms with van der Waals surface area (Å²) in [4.78, 5) is 23.3. The number of amides is 1. The lowest BCUT2D eigenvalue weighted by Crippen LogP contribution is -2.39. The minimum absolute atomic E-state index is 0.302. The lowest BCUT2D eigenvalue weighted by molar-refractivity contribution is -0.139. The topological polar surface area (TPSA) is 84.9 Å². The number of methoxy groups -OCH3 is 1. The van der Waals surface area contributed by atoms with Crippen LogP contribution >= 0.6 is 0 Å². The van der Waals surface area contributed by atoms with Gasteiger partial charge in [-0.1, -0.05) is 30.3 Å². The summed E-state index contributed by atoms with van der Waals surface area (Å²) in [6, 6.07) is 14.2. The van der Waals surface area contributed by atoms with Crippen LogP contribution in [0.15, 0.2) is 48.5 Å². The molecule has 0 spiro atoms. The summed E-state index contributed by atoms with van der Waals surface area (Å²) in [5, 5.41) is 11.5. The molecule has 1 amide bonds. The molecule has 2 rings (SSSR count). The van der Waals surface area contributed by atoms with Gasteiger partial charge in [-0.2, -0.15) is 0 Å². The Labute approximate surface area is 146 Å². The molecule has 25 heavy (non-hydrogen) atoms. The first-order chi connectivity index (χ1) is 11.9. The monoisotopic (exact) mass is 343 g/mol. The summed E-state index contributed by atoms with van der Waals surface area (Å²) in [6.45, 7) is 3.09. The number of carboxylic acid groups (broad SMARTS) is 1. The second kappa shape index (κ2) is 7.81. The molecule has 2 aromatic rings. The van der Waals surface area contributed by atoms with E-state index in [0.717, 1.165) is 11.1 Å². The summed E-state index contributed by atoms with van der Waals surface area (Å²) < 4.78 is 10.6. The van der Waals surface area contributed by atoms with Gasteiger partial charge in [-0.3, -0.25) is 4.79 Å². The van der Waals surface area contributed by atoms with Crippen LogP contribution in [0.2, 0.25) is 0 Å². The maximum absolute atomic E-state index is 12.8. The summed E-state index contributed by atoms with van der Waals surface area (Å²) in [7, 11) is 1.49. The van der Waals surface area contributed by atoms with Gasteiger partial charge in [-0.05, 0) is 43.2 Å². The van der Waals surface area contributed by atoms with Crippen molar-refractivity contribution in [2.24, 2.45) is 0 Å². The van der Waals surface area contributed by atoms with Crippen molar-refractivity contribution < 1.29 is 24.2 Å². The van der Waals surface area contributed by atoms with Crippen molar-refractivity contribution in [2.75, 3.05) is 19.0 Å². The van der Waals surface area contributed by atoms with Crippen LogP contribution in [0.4, 0.5) is 5.69 Å². The van der Waals surface area contributed by atoms with Crippen LogP contribution in [0, 0.1) is 6.92 Å². The normalized spacial score (nSPS) is 12.9. The number of carbonyl (C=O) groups excluding carboxylic acids is 1. The highest BCUT2D eigenvalue weighted by Gasteiger charge is 2.35. The van der Waals surface area contributed by atoms with Crippen molar-refractivity contribution in [1.82, 2.24) is 0 Å².